The number of aryl methyl sites for hydroxylation is 1. The molecule has 1 aromatic rings. The molecule has 3 rings (SSSR count). The number of rotatable bonds is 3. The maximum Gasteiger partial charge on any atom is 0.241 e. The summed E-state index contributed by atoms with van der Waals surface area (Å²) in [5.74, 6) is 0.00459. The van der Waals surface area contributed by atoms with Gasteiger partial charge in [0.2, 0.25) is 15.9 Å². The van der Waals surface area contributed by atoms with Crippen LogP contribution in [0.4, 0.5) is 5.69 Å². The molecule has 0 bridgehead atoms. The van der Waals surface area contributed by atoms with Gasteiger partial charge in [-0.2, -0.15) is 0 Å². The van der Waals surface area contributed by atoms with E-state index in [0.717, 1.165) is 37.1 Å². The van der Waals surface area contributed by atoms with Crippen molar-refractivity contribution in [3.05, 3.63) is 29.8 Å². The highest BCUT2D eigenvalue weighted by Crippen LogP contribution is 2.25. The van der Waals surface area contributed by atoms with E-state index in [2.05, 4.69) is 14.9 Å². The van der Waals surface area contributed by atoms with Gasteiger partial charge in [-0.1, -0.05) is 18.2 Å². The number of hydrogen-bond acceptors (Lipinski definition) is 4. The minimum atomic E-state index is -3.20. The lowest BCUT2D eigenvalue weighted by Gasteiger charge is -2.25. The minimum Gasteiger partial charge on any atom is -0.324 e. The summed E-state index contributed by atoms with van der Waals surface area (Å²) in [6.07, 6.45) is 3.52. The quantitative estimate of drug-likeness (QED) is 0.852. The molecule has 6 nitrogen and oxygen atoms in total. The molecule has 1 aromatic carbocycles. The molecular formula is C15H21N3O3S. The topological polar surface area (TPSA) is 78.5 Å². The highest BCUT2D eigenvalue weighted by Gasteiger charge is 2.34. The monoisotopic (exact) mass is 323 g/mol. The van der Waals surface area contributed by atoms with Crippen LogP contribution in [-0.2, 0) is 21.2 Å². The summed E-state index contributed by atoms with van der Waals surface area (Å²) in [5, 5.41) is 2.99. The van der Waals surface area contributed by atoms with Gasteiger partial charge in [-0.25, -0.2) is 13.1 Å². The van der Waals surface area contributed by atoms with E-state index in [1.54, 1.807) is 0 Å². The van der Waals surface area contributed by atoms with Crippen LogP contribution in [0.2, 0.25) is 0 Å². The van der Waals surface area contributed by atoms with Crippen LogP contribution in [-0.4, -0.2) is 50.7 Å². The fourth-order valence-corrected chi connectivity index (χ4v) is 4.12. The molecule has 1 fully saturated rings. The Morgan fingerprint density at radius 2 is 2.05 bits per heavy atom. The first-order valence-electron chi connectivity index (χ1n) is 7.52. The summed E-state index contributed by atoms with van der Waals surface area (Å²) in [6.45, 7) is 1.32. The first kappa shape index (κ1) is 15.5. The third-order valence-corrected chi connectivity index (χ3v) is 5.07. The van der Waals surface area contributed by atoms with Crippen LogP contribution in [0, 0.1) is 0 Å². The van der Waals surface area contributed by atoms with Crippen molar-refractivity contribution < 1.29 is 13.2 Å². The maximum atomic E-state index is 12.5. The molecule has 0 saturated carbocycles. The molecule has 2 aliphatic rings. The highest BCUT2D eigenvalue weighted by molar-refractivity contribution is 7.88. The lowest BCUT2D eigenvalue weighted by molar-refractivity contribution is -0.121. The van der Waals surface area contributed by atoms with Gasteiger partial charge in [-0.3, -0.25) is 9.69 Å². The van der Waals surface area contributed by atoms with Crippen molar-refractivity contribution >= 4 is 21.6 Å². The van der Waals surface area contributed by atoms with Crippen LogP contribution in [0.15, 0.2) is 24.3 Å². The Morgan fingerprint density at radius 3 is 2.82 bits per heavy atom. The van der Waals surface area contributed by atoms with E-state index in [9.17, 15) is 13.2 Å². The standard InChI is InChI=1S/C15H21N3O3S/c1-22(20,21)17-12-8-9-18(10-12)14-7-6-11-4-2-3-5-13(11)16-15(14)19/h2-5,12,14,17H,6-10H2,1H3,(H,16,19)/t12-,14+/m0/s1. The van der Waals surface area contributed by atoms with E-state index >= 15 is 0 Å². The van der Waals surface area contributed by atoms with Gasteiger partial charge < -0.3 is 5.32 Å². The van der Waals surface area contributed by atoms with Gasteiger partial charge >= 0.3 is 0 Å². The summed E-state index contributed by atoms with van der Waals surface area (Å²) >= 11 is 0. The van der Waals surface area contributed by atoms with E-state index < -0.39 is 10.0 Å². The molecule has 1 saturated heterocycles. The van der Waals surface area contributed by atoms with E-state index in [4.69, 9.17) is 0 Å². The lowest BCUT2D eigenvalue weighted by atomic mass is 10.1. The molecule has 0 aliphatic carbocycles. The number of hydrogen-bond donors (Lipinski definition) is 2. The number of likely N-dealkylation sites (tertiary alicyclic amines) is 1. The average Bonchev–Trinajstić information content (AvgIpc) is 2.79. The number of carbonyl (C=O) groups is 1. The predicted octanol–water partition coefficient (Wildman–Crippen LogP) is 0.563. The zero-order valence-electron chi connectivity index (χ0n) is 12.6. The van der Waals surface area contributed by atoms with Gasteiger partial charge in [0.15, 0.2) is 0 Å². The van der Waals surface area contributed by atoms with Crippen molar-refractivity contribution in [3.8, 4) is 0 Å². The van der Waals surface area contributed by atoms with Crippen LogP contribution in [0.3, 0.4) is 0 Å². The summed E-state index contributed by atoms with van der Waals surface area (Å²) < 4.78 is 25.3. The number of sulfonamides is 1. The zero-order chi connectivity index (χ0) is 15.7. The molecule has 7 heteroatoms. The zero-order valence-corrected chi connectivity index (χ0v) is 13.4. The molecule has 1 amide bonds. The molecule has 0 unspecified atom stereocenters. The molecule has 2 N–H and O–H groups in total. The number of nitrogens with one attached hydrogen (secondary N) is 2. The van der Waals surface area contributed by atoms with Gasteiger partial charge in [0, 0.05) is 24.8 Å². The van der Waals surface area contributed by atoms with Gasteiger partial charge in [-0.15, -0.1) is 0 Å². The Hall–Kier alpha value is -1.44. The van der Waals surface area contributed by atoms with Gasteiger partial charge in [-0.05, 0) is 30.9 Å². The first-order chi connectivity index (χ1) is 10.4. The van der Waals surface area contributed by atoms with E-state index in [1.165, 1.54) is 6.26 Å². The highest BCUT2D eigenvalue weighted by atomic mass is 32.2. The van der Waals surface area contributed by atoms with Gasteiger partial charge in [0.05, 0.1) is 12.3 Å². The number of benzene rings is 1. The van der Waals surface area contributed by atoms with Crippen LogP contribution in [0.1, 0.15) is 18.4 Å². The Balaban J connectivity index is 1.68. The van der Waals surface area contributed by atoms with Crippen molar-refractivity contribution in [2.45, 2.75) is 31.3 Å². The number of para-hydroxylation sites is 1. The van der Waals surface area contributed by atoms with Crippen LogP contribution in [0.5, 0.6) is 0 Å². The molecular weight excluding hydrogens is 302 g/mol. The van der Waals surface area contributed by atoms with Crippen molar-refractivity contribution in [3.63, 3.8) is 0 Å². The largest absolute Gasteiger partial charge is 0.324 e. The molecule has 0 aromatic heterocycles. The SMILES string of the molecule is CS(=O)(=O)N[C@H]1CCN([C@@H]2CCc3ccccc3NC2=O)C1. The van der Waals surface area contributed by atoms with Crippen molar-refractivity contribution in [2.24, 2.45) is 0 Å². The second-order valence-electron chi connectivity index (χ2n) is 6.07. The number of nitrogens with zero attached hydrogens (tertiary/aromatic N) is 1. The second kappa shape index (κ2) is 5.98. The Bertz CT molecular complexity index is 674. The molecule has 22 heavy (non-hydrogen) atoms. The summed E-state index contributed by atoms with van der Waals surface area (Å²) in [7, 11) is -3.20. The Kier molecular flexibility index (Phi) is 4.20. The normalized spacial score (nSPS) is 26.3. The minimum absolute atomic E-state index is 0.00459. The fourth-order valence-electron chi connectivity index (χ4n) is 3.32. The third-order valence-electron chi connectivity index (χ3n) is 4.31. The van der Waals surface area contributed by atoms with E-state index in [0.29, 0.717) is 6.54 Å². The van der Waals surface area contributed by atoms with Crippen LogP contribution < -0.4 is 10.0 Å². The predicted molar refractivity (Wildman–Crippen MR) is 85.1 cm³/mol. The van der Waals surface area contributed by atoms with Gasteiger partial charge in [0.25, 0.3) is 0 Å². The first-order valence-corrected chi connectivity index (χ1v) is 9.41. The Labute approximate surface area is 130 Å². The third kappa shape index (κ3) is 3.48. The van der Waals surface area contributed by atoms with Crippen LogP contribution in [0.25, 0.3) is 0 Å². The average molecular weight is 323 g/mol. The van der Waals surface area contributed by atoms with Crippen molar-refractivity contribution in [1.82, 2.24) is 9.62 Å². The fraction of sp³-hybridized carbons (Fsp3) is 0.533. The molecule has 0 radical (unpaired) electrons. The molecule has 120 valence electrons. The maximum absolute atomic E-state index is 12.5. The molecule has 2 atom stereocenters. The van der Waals surface area contributed by atoms with Crippen molar-refractivity contribution in [1.29, 1.82) is 0 Å². The lowest BCUT2D eigenvalue weighted by Crippen LogP contribution is -2.44. The summed E-state index contributed by atoms with van der Waals surface area (Å²) in [5.41, 5.74) is 2.04. The van der Waals surface area contributed by atoms with Crippen molar-refractivity contribution in [2.75, 3.05) is 24.7 Å². The van der Waals surface area contributed by atoms with E-state index in [1.807, 2.05) is 24.3 Å². The smallest absolute Gasteiger partial charge is 0.241 e. The van der Waals surface area contributed by atoms with Gasteiger partial charge in [0.1, 0.15) is 0 Å². The number of carbonyl (C=O) groups excluding carboxylic acids is 1. The number of amides is 1. The van der Waals surface area contributed by atoms with Crippen LogP contribution >= 0.6 is 0 Å². The molecule has 2 aliphatic heterocycles. The molecule has 0 spiro atoms. The van der Waals surface area contributed by atoms with E-state index in [-0.39, 0.29) is 18.0 Å². The molecule has 2 heterocycles. The summed E-state index contributed by atoms with van der Waals surface area (Å²) in [4.78, 5) is 14.6. The number of anilines is 1. The summed E-state index contributed by atoms with van der Waals surface area (Å²) in [6, 6.07) is 7.56. The number of fused-ring (bicyclic) bond motifs is 1. The Morgan fingerprint density at radius 1 is 1.27 bits per heavy atom. The second-order valence-corrected chi connectivity index (χ2v) is 7.85.